The molecule has 1 aromatic carbocycles. The van der Waals surface area contributed by atoms with Crippen LogP contribution < -0.4 is 0 Å². The molecule has 104 valence electrons. The summed E-state index contributed by atoms with van der Waals surface area (Å²) >= 11 is 0. The average Bonchev–Trinajstić information content (AvgIpc) is 2.87. The number of likely N-dealkylation sites (N-methyl/N-ethyl adjacent to an activating group) is 1. The predicted molar refractivity (Wildman–Crippen MR) is 74.6 cm³/mol. The smallest absolute Gasteiger partial charge is 0.236 e. The zero-order chi connectivity index (χ0) is 13.7. The van der Waals surface area contributed by atoms with Crippen molar-refractivity contribution in [2.45, 2.75) is 25.4 Å². The Balaban J connectivity index is 1.85. The van der Waals surface area contributed by atoms with Gasteiger partial charge in [-0.2, -0.15) is 0 Å². The third-order valence-corrected chi connectivity index (χ3v) is 3.74. The van der Waals surface area contributed by atoms with Gasteiger partial charge in [-0.15, -0.1) is 0 Å². The van der Waals surface area contributed by atoms with E-state index in [1.54, 1.807) is 4.90 Å². The average molecular weight is 262 g/mol. The minimum Gasteiger partial charge on any atom is -0.395 e. The summed E-state index contributed by atoms with van der Waals surface area (Å²) in [5.74, 6) is 0.115. The Bertz CT molecular complexity index is 408. The van der Waals surface area contributed by atoms with Crippen molar-refractivity contribution in [1.29, 1.82) is 0 Å². The molecule has 0 unspecified atom stereocenters. The summed E-state index contributed by atoms with van der Waals surface area (Å²) in [4.78, 5) is 16.0. The summed E-state index contributed by atoms with van der Waals surface area (Å²) in [7, 11) is 1.83. The molecule has 19 heavy (non-hydrogen) atoms. The van der Waals surface area contributed by atoms with Crippen LogP contribution in [0.15, 0.2) is 30.3 Å². The van der Waals surface area contributed by atoms with Crippen molar-refractivity contribution in [3.8, 4) is 0 Å². The zero-order valence-electron chi connectivity index (χ0n) is 11.5. The second-order valence-electron chi connectivity index (χ2n) is 5.18. The number of rotatable bonds is 5. The highest BCUT2D eigenvalue weighted by Crippen LogP contribution is 2.16. The quantitative estimate of drug-likeness (QED) is 0.864. The van der Waals surface area contributed by atoms with Crippen LogP contribution in [0.25, 0.3) is 0 Å². The summed E-state index contributed by atoms with van der Waals surface area (Å²) < 4.78 is 0. The molecule has 1 aliphatic heterocycles. The second kappa shape index (κ2) is 6.68. The van der Waals surface area contributed by atoms with E-state index in [0.717, 1.165) is 24.9 Å². The first-order valence-corrected chi connectivity index (χ1v) is 6.83. The van der Waals surface area contributed by atoms with Crippen molar-refractivity contribution >= 4 is 5.91 Å². The van der Waals surface area contributed by atoms with Gasteiger partial charge in [0.2, 0.25) is 5.91 Å². The fourth-order valence-electron chi connectivity index (χ4n) is 2.55. The number of benzene rings is 1. The van der Waals surface area contributed by atoms with Crippen molar-refractivity contribution in [3.05, 3.63) is 35.9 Å². The van der Waals surface area contributed by atoms with E-state index in [2.05, 4.69) is 4.90 Å². The lowest BCUT2D eigenvalue weighted by atomic mass is 10.2. The van der Waals surface area contributed by atoms with Crippen molar-refractivity contribution in [3.63, 3.8) is 0 Å². The van der Waals surface area contributed by atoms with E-state index in [1.807, 2.05) is 37.4 Å². The van der Waals surface area contributed by atoms with Crippen LogP contribution in [0.5, 0.6) is 0 Å². The van der Waals surface area contributed by atoms with Crippen LogP contribution in [0, 0.1) is 0 Å². The van der Waals surface area contributed by atoms with Gasteiger partial charge >= 0.3 is 0 Å². The molecule has 1 amide bonds. The Labute approximate surface area is 114 Å². The van der Waals surface area contributed by atoms with Gasteiger partial charge in [-0.05, 0) is 24.9 Å². The summed E-state index contributed by atoms with van der Waals surface area (Å²) in [5.41, 5.74) is 1.14. The van der Waals surface area contributed by atoms with Crippen LogP contribution in [-0.2, 0) is 11.3 Å². The Morgan fingerprint density at radius 1 is 1.42 bits per heavy atom. The number of carbonyl (C=O) groups is 1. The van der Waals surface area contributed by atoms with E-state index in [-0.39, 0.29) is 18.6 Å². The number of likely N-dealkylation sites (tertiary alicyclic amines) is 1. The number of nitrogens with zero attached hydrogens (tertiary/aromatic N) is 2. The Morgan fingerprint density at radius 2 is 2.16 bits per heavy atom. The summed E-state index contributed by atoms with van der Waals surface area (Å²) in [6.45, 7) is 2.11. The molecular formula is C15H22N2O2. The maximum atomic E-state index is 12.2. The van der Waals surface area contributed by atoms with E-state index < -0.39 is 0 Å². The number of aliphatic hydroxyl groups is 1. The number of amides is 1. The molecule has 4 nitrogen and oxygen atoms in total. The standard InChI is InChI=1S/C15H22N2O2/c1-16(10-13-6-3-2-4-7-13)15(19)11-17-9-5-8-14(17)12-18/h2-4,6-7,14,18H,5,8-12H2,1H3/t14-/m0/s1. The molecule has 0 saturated carbocycles. The van der Waals surface area contributed by atoms with Gasteiger partial charge in [-0.3, -0.25) is 9.69 Å². The lowest BCUT2D eigenvalue weighted by Crippen LogP contribution is -2.41. The highest BCUT2D eigenvalue weighted by molar-refractivity contribution is 5.78. The van der Waals surface area contributed by atoms with E-state index >= 15 is 0 Å². The van der Waals surface area contributed by atoms with Crippen molar-refractivity contribution in [1.82, 2.24) is 9.80 Å². The number of hydrogen-bond donors (Lipinski definition) is 1. The van der Waals surface area contributed by atoms with Crippen LogP contribution in [0.1, 0.15) is 18.4 Å². The number of carbonyl (C=O) groups excluding carboxylic acids is 1. The van der Waals surface area contributed by atoms with Gasteiger partial charge in [-0.25, -0.2) is 0 Å². The second-order valence-corrected chi connectivity index (χ2v) is 5.18. The molecule has 1 aromatic rings. The molecule has 1 N–H and O–H groups in total. The molecule has 1 heterocycles. The molecule has 0 spiro atoms. The first-order chi connectivity index (χ1) is 9.20. The maximum absolute atomic E-state index is 12.2. The van der Waals surface area contributed by atoms with Crippen molar-refractivity contribution in [2.75, 3.05) is 26.7 Å². The van der Waals surface area contributed by atoms with Crippen LogP contribution in [0.4, 0.5) is 0 Å². The van der Waals surface area contributed by atoms with Crippen LogP contribution in [0.3, 0.4) is 0 Å². The minimum absolute atomic E-state index is 0.115. The first kappa shape index (κ1) is 14.0. The summed E-state index contributed by atoms with van der Waals surface area (Å²) in [5, 5.41) is 9.26. The van der Waals surface area contributed by atoms with Gasteiger partial charge < -0.3 is 10.0 Å². The maximum Gasteiger partial charge on any atom is 0.236 e. The van der Waals surface area contributed by atoms with E-state index in [9.17, 15) is 9.90 Å². The molecular weight excluding hydrogens is 240 g/mol. The largest absolute Gasteiger partial charge is 0.395 e. The fraction of sp³-hybridized carbons (Fsp3) is 0.533. The molecule has 1 aliphatic rings. The highest BCUT2D eigenvalue weighted by atomic mass is 16.3. The molecule has 1 saturated heterocycles. The minimum atomic E-state index is 0.115. The van der Waals surface area contributed by atoms with Gasteiger partial charge in [-0.1, -0.05) is 30.3 Å². The number of hydrogen-bond acceptors (Lipinski definition) is 3. The fourth-order valence-corrected chi connectivity index (χ4v) is 2.55. The topological polar surface area (TPSA) is 43.8 Å². The third kappa shape index (κ3) is 3.78. The van der Waals surface area contributed by atoms with Gasteiger partial charge in [0, 0.05) is 19.6 Å². The molecule has 4 heteroatoms. The number of aliphatic hydroxyl groups excluding tert-OH is 1. The lowest BCUT2D eigenvalue weighted by molar-refractivity contribution is -0.132. The van der Waals surface area contributed by atoms with E-state index in [4.69, 9.17) is 0 Å². The normalized spacial score (nSPS) is 19.6. The Kier molecular flexibility index (Phi) is 4.93. The SMILES string of the molecule is CN(Cc1ccccc1)C(=O)CN1CCC[C@H]1CO. The molecule has 2 rings (SSSR count). The van der Waals surface area contributed by atoms with Gasteiger partial charge in [0.05, 0.1) is 13.2 Å². The molecule has 0 aromatic heterocycles. The lowest BCUT2D eigenvalue weighted by Gasteiger charge is -2.25. The van der Waals surface area contributed by atoms with Crippen LogP contribution in [0.2, 0.25) is 0 Å². The van der Waals surface area contributed by atoms with Crippen LogP contribution in [-0.4, -0.2) is 53.6 Å². The van der Waals surface area contributed by atoms with E-state index in [0.29, 0.717) is 13.1 Å². The molecule has 0 aliphatic carbocycles. The summed E-state index contributed by atoms with van der Waals surface area (Å²) in [6, 6.07) is 10.1. The predicted octanol–water partition coefficient (Wildman–Crippen LogP) is 1.10. The van der Waals surface area contributed by atoms with Gasteiger partial charge in [0.15, 0.2) is 0 Å². The molecule has 0 bridgehead atoms. The third-order valence-electron chi connectivity index (χ3n) is 3.74. The first-order valence-electron chi connectivity index (χ1n) is 6.83. The molecule has 1 fully saturated rings. The van der Waals surface area contributed by atoms with Gasteiger partial charge in [0.1, 0.15) is 0 Å². The van der Waals surface area contributed by atoms with Crippen LogP contribution >= 0.6 is 0 Å². The monoisotopic (exact) mass is 262 g/mol. The Morgan fingerprint density at radius 3 is 2.84 bits per heavy atom. The highest BCUT2D eigenvalue weighted by Gasteiger charge is 2.26. The molecule has 0 radical (unpaired) electrons. The van der Waals surface area contributed by atoms with Crippen molar-refractivity contribution < 1.29 is 9.90 Å². The van der Waals surface area contributed by atoms with Crippen molar-refractivity contribution in [2.24, 2.45) is 0 Å². The van der Waals surface area contributed by atoms with Gasteiger partial charge in [0.25, 0.3) is 0 Å². The zero-order valence-corrected chi connectivity index (χ0v) is 11.5. The molecule has 1 atom stereocenters. The summed E-state index contributed by atoms with van der Waals surface area (Å²) in [6.07, 6.45) is 2.06. The van der Waals surface area contributed by atoms with E-state index in [1.165, 1.54) is 0 Å². The Hall–Kier alpha value is -1.39.